The number of fused-ring (bicyclic) bond motifs is 3. The third-order valence-corrected chi connectivity index (χ3v) is 5.84. The molecule has 0 saturated heterocycles. The third-order valence-electron chi connectivity index (χ3n) is 4.40. The average Bonchev–Trinajstić information content (AvgIpc) is 3.02. The van der Waals surface area contributed by atoms with Gasteiger partial charge in [-0.15, -0.1) is 0 Å². The molecule has 0 spiro atoms. The molecule has 9 nitrogen and oxygen atoms in total. The van der Waals surface area contributed by atoms with Crippen molar-refractivity contribution in [2.24, 2.45) is 5.92 Å². The lowest BCUT2D eigenvalue weighted by Crippen LogP contribution is -2.44. The Morgan fingerprint density at radius 1 is 1.07 bits per heavy atom. The summed E-state index contributed by atoms with van der Waals surface area (Å²) in [7, 11) is -2.82. The smallest absolute Gasteiger partial charge is 0.411 e. The number of furan rings is 1. The fraction of sp³-hybridized carbons (Fsp3) is 0.263. The first-order valence-corrected chi connectivity index (χ1v) is 10.2. The largest absolute Gasteiger partial charge is 0.480 e. The molecule has 0 aliphatic rings. The van der Waals surface area contributed by atoms with Gasteiger partial charge in [-0.2, -0.15) is 4.72 Å². The SMILES string of the molecule is COC(=O)Nc1ccc2c(c1)oc1cc(S(=O)(=O)N[C@@H](C(=O)O)C(C)C)ccc12. The molecule has 0 aliphatic heterocycles. The van der Waals surface area contributed by atoms with Gasteiger partial charge in [0.15, 0.2) is 0 Å². The number of anilines is 1. The third kappa shape index (κ3) is 4.17. The molecule has 0 fully saturated rings. The number of benzene rings is 2. The van der Waals surface area contributed by atoms with Crippen molar-refractivity contribution in [3.05, 3.63) is 36.4 Å². The summed E-state index contributed by atoms with van der Waals surface area (Å²) >= 11 is 0. The van der Waals surface area contributed by atoms with E-state index in [2.05, 4.69) is 14.8 Å². The Hall–Kier alpha value is -3.11. The molecular weight excluding hydrogens is 400 g/mol. The van der Waals surface area contributed by atoms with Gasteiger partial charge in [-0.3, -0.25) is 10.1 Å². The van der Waals surface area contributed by atoms with Gasteiger partial charge >= 0.3 is 12.1 Å². The van der Waals surface area contributed by atoms with Gasteiger partial charge in [-0.05, 0) is 30.2 Å². The van der Waals surface area contributed by atoms with E-state index in [0.29, 0.717) is 22.2 Å². The van der Waals surface area contributed by atoms with Crippen LogP contribution in [0, 0.1) is 5.92 Å². The highest BCUT2D eigenvalue weighted by Crippen LogP contribution is 2.32. The molecule has 1 heterocycles. The number of carboxylic acid groups (broad SMARTS) is 1. The molecule has 29 heavy (non-hydrogen) atoms. The van der Waals surface area contributed by atoms with E-state index < -0.39 is 34.0 Å². The molecule has 0 saturated carbocycles. The number of aliphatic carboxylic acids is 1. The maximum Gasteiger partial charge on any atom is 0.411 e. The van der Waals surface area contributed by atoms with Crippen LogP contribution in [-0.2, 0) is 19.6 Å². The van der Waals surface area contributed by atoms with Crippen LogP contribution in [0.3, 0.4) is 0 Å². The Balaban J connectivity index is 2.00. The second kappa shape index (κ2) is 7.72. The highest BCUT2D eigenvalue weighted by Gasteiger charge is 2.28. The zero-order valence-electron chi connectivity index (χ0n) is 15.9. The Morgan fingerprint density at radius 3 is 2.28 bits per heavy atom. The normalized spacial score (nSPS) is 13.0. The number of amides is 1. The van der Waals surface area contributed by atoms with Crippen molar-refractivity contribution in [3.8, 4) is 0 Å². The minimum Gasteiger partial charge on any atom is -0.480 e. The molecule has 1 aromatic heterocycles. The zero-order chi connectivity index (χ0) is 21.3. The summed E-state index contributed by atoms with van der Waals surface area (Å²) in [4.78, 5) is 22.6. The van der Waals surface area contributed by atoms with Gasteiger partial charge in [0.25, 0.3) is 0 Å². The number of hydrogen-bond donors (Lipinski definition) is 3. The van der Waals surface area contributed by atoms with Crippen molar-refractivity contribution >= 4 is 49.7 Å². The van der Waals surface area contributed by atoms with Crippen molar-refractivity contribution in [1.29, 1.82) is 0 Å². The van der Waals surface area contributed by atoms with Crippen molar-refractivity contribution in [2.75, 3.05) is 12.4 Å². The first kappa shape index (κ1) is 20.6. The van der Waals surface area contributed by atoms with Crippen molar-refractivity contribution in [1.82, 2.24) is 4.72 Å². The first-order chi connectivity index (χ1) is 13.6. The number of rotatable bonds is 6. The summed E-state index contributed by atoms with van der Waals surface area (Å²) in [5.74, 6) is -1.68. The van der Waals surface area contributed by atoms with Crippen LogP contribution in [-0.4, -0.2) is 38.7 Å². The van der Waals surface area contributed by atoms with Gasteiger partial charge in [-0.1, -0.05) is 13.8 Å². The number of hydrogen-bond acceptors (Lipinski definition) is 6. The summed E-state index contributed by atoms with van der Waals surface area (Å²) in [5, 5.41) is 13.2. The van der Waals surface area contributed by atoms with Gasteiger partial charge < -0.3 is 14.3 Å². The van der Waals surface area contributed by atoms with Crippen LogP contribution in [0.25, 0.3) is 21.9 Å². The molecule has 154 valence electrons. The number of carboxylic acids is 1. The molecule has 1 atom stereocenters. The Labute approximate surface area is 166 Å². The van der Waals surface area contributed by atoms with Gasteiger partial charge in [0.2, 0.25) is 10.0 Å². The van der Waals surface area contributed by atoms with Gasteiger partial charge in [-0.25, -0.2) is 13.2 Å². The van der Waals surface area contributed by atoms with E-state index in [0.717, 1.165) is 5.39 Å². The molecule has 3 rings (SSSR count). The number of nitrogens with one attached hydrogen (secondary N) is 2. The number of ether oxygens (including phenoxy) is 1. The van der Waals surface area contributed by atoms with Crippen molar-refractivity contribution in [2.45, 2.75) is 24.8 Å². The van der Waals surface area contributed by atoms with Crippen LogP contribution in [0.15, 0.2) is 45.7 Å². The lowest BCUT2D eigenvalue weighted by molar-refractivity contribution is -0.140. The molecule has 0 aliphatic carbocycles. The summed E-state index contributed by atoms with van der Waals surface area (Å²) in [6, 6.07) is 8.06. The highest BCUT2D eigenvalue weighted by molar-refractivity contribution is 7.89. The minimum atomic E-state index is -4.07. The van der Waals surface area contributed by atoms with Crippen LogP contribution in [0.5, 0.6) is 0 Å². The first-order valence-electron chi connectivity index (χ1n) is 8.69. The quantitative estimate of drug-likeness (QED) is 0.557. The lowest BCUT2D eigenvalue weighted by Gasteiger charge is -2.17. The predicted molar refractivity (Wildman–Crippen MR) is 106 cm³/mol. The number of carbonyl (C=O) groups is 2. The van der Waals surface area contributed by atoms with Gasteiger partial charge in [0, 0.05) is 28.6 Å². The monoisotopic (exact) mass is 420 g/mol. The standard InChI is InChI=1S/C19H20N2O7S/c1-10(2)17(18(22)23)21-29(25,26)12-5-7-14-13-6-4-11(20-19(24)27-3)8-15(13)28-16(14)9-12/h4-10,17,21H,1-3H3,(H,20,24)(H,22,23)/t17-/m1/s1. The van der Waals surface area contributed by atoms with Gasteiger partial charge in [0.05, 0.1) is 12.0 Å². The van der Waals surface area contributed by atoms with E-state index in [4.69, 9.17) is 4.42 Å². The molecule has 0 radical (unpaired) electrons. The van der Waals surface area contributed by atoms with Gasteiger partial charge in [0.1, 0.15) is 17.2 Å². The van der Waals surface area contributed by atoms with Crippen LogP contribution in [0.2, 0.25) is 0 Å². The van der Waals surface area contributed by atoms with E-state index >= 15 is 0 Å². The summed E-state index contributed by atoms with van der Waals surface area (Å²) < 4.78 is 37.8. The average molecular weight is 420 g/mol. The summed E-state index contributed by atoms with van der Waals surface area (Å²) in [5.41, 5.74) is 1.22. The Kier molecular flexibility index (Phi) is 5.49. The van der Waals surface area contributed by atoms with E-state index in [1.807, 2.05) is 0 Å². The lowest BCUT2D eigenvalue weighted by atomic mass is 10.1. The van der Waals surface area contributed by atoms with Crippen LogP contribution in [0.4, 0.5) is 10.5 Å². The highest BCUT2D eigenvalue weighted by atomic mass is 32.2. The predicted octanol–water partition coefficient (Wildman–Crippen LogP) is 3.15. The summed E-state index contributed by atoms with van der Waals surface area (Å²) in [6.45, 7) is 3.23. The fourth-order valence-corrected chi connectivity index (χ4v) is 4.23. The van der Waals surface area contributed by atoms with Crippen LogP contribution in [0.1, 0.15) is 13.8 Å². The zero-order valence-corrected chi connectivity index (χ0v) is 16.7. The minimum absolute atomic E-state index is 0.108. The number of sulfonamides is 1. The van der Waals surface area contributed by atoms with Crippen LogP contribution >= 0.6 is 0 Å². The molecule has 3 N–H and O–H groups in total. The maximum atomic E-state index is 12.6. The molecule has 10 heteroatoms. The van der Waals surface area contributed by atoms with Crippen molar-refractivity contribution in [3.63, 3.8) is 0 Å². The Bertz CT molecular complexity index is 1200. The van der Waals surface area contributed by atoms with Crippen LogP contribution < -0.4 is 10.0 Å². The number of methoxy groups -OCH3 is 1. The molecule has 0 unspecified atom stereocenters. The molecule has 1 amide bonds. The molecule has 3 aromatic rings. The van der Waals surface area contributed by atoms with E-state index in [9.17, 15) is 23.1 Å². The second-order valence-electron chi connectivity index (χ2n) is 6.77. The molecular formula is C19H20N2O7S. The second-order valence-corrected chi connectivity index (χ2v) is 8.48. The summed E-state index contributed by atoms with van der Waals surface area (Å²) in [6.07, 6.45) is -0.627. The van der Waals surface area contributed by atoms with E-state index in [1.165, 1.54) is 19.2 Å². The fourth-order valence-electron chi connectivity index (χ4n) is 2.88. The maximum absolute atomic E-state index is 12.6. The Morgan fingerprint density at radius 2 is 1.69 bits per heavy atom. The van der Waals surface area contributed by atoms with E-state index in [-0.39, 0.29) is 4.90 Å². The topological polar surface area (TPSA) is 135 Å². The molecule has 2 aromatic carbocycles. The van der Waals surface area contributed by atoms with E-state index in [1.54, 1.807) is 38.1 Å². The van der Waals surface area contributed by atoms with Crippen molar-refractivity contribution < 1.29 is 32.3 Å². The number of carbonyl (C=O) groups excluding carboxylic acids is 1. The molecule has 0 bridgehead atoms.